The van der Waals surface area contributed by atoms with Gasteiger partial charge in [-0.1, -0.05) is 6.92 Å². The Balaban J connectivity index is 2.77. The highest BCUT2D eigenvalue weighted by molar-refractivity contribution is 7.89. The zero-order chi connectivity index (χ0) is 14.5. The van der Waals surface area contributed by atoms with Crippen LogP contribution in [0.4, 0.5) is 5.69 Å². The summed E-state index contributed by atoms with van der Waals surface area (Å²) in [6.07, 6.45) is 0.0742. The lowest BCUT2D eigenvalue weighted by Crippen LogP contribution is -2.29. The first kappa shape index (κ1) is 15.9. The lowest BCUT2D eigenvalue weighted by Gasteiger charge is -2.21. The molecule has 5 nitrogen and oxygen atoms in total. The van der Waals surface area contributed by atoms with Crippen molar-refractivity contribution in [1.82, 2.24) is 4.72 Å². The Kier molecular flexibility index (Phi) is 5.78. The van der Waals surface area contributed by atoms with Crippen molar-refractivity contribution in [3.8, 4) is 0 Å². The quantitative estimate of drug-likeness (QED) is 0.802. The predicted octanol–water partition coefficient (Wildman–Crippen LogP) is 1.82. The van der Waals surface area contributed by atoms with Crippen LogP contribution >= 0.6 is 0 Å². The van der Waals surface area contributed by atoms with Crippen LogP contribution in [0.5, 0.6) is 0 Å². The van der Waals surface area contributed by atoms with Gasteiger partial charge in [0.05, 0.1) is 11.0 Å². The highest BCUT2D eigenvalue weighted by Gasteiger charge is 2.13. The molecule has 6 heteroatoms. The van der Waals surface area contributed by atoms with Crippen LogP contribution in [0.1, 0.15) is 20.8 Å². The Labute approximate surface area is 115 Å². The molecule has 0 aliphatic carbocycles. The normalized spacial score (nSPS) is 14.9. The van der Waals surface area contributed by atoms with Crippen molar-refractivity contribution in [2.75, 3.05) is 19.0 Å². The topological polar surface area (TPSA) is 67.4 Å². The van der Waals surface area contributed by atoms with E-state index in [1.54, 1.807) is 38.3 Å². The first-order valence-corrected chi connectivity index (χ1v) is 7.78. The average Bonchev–Trinajstić information content (AvgIpc) is 2.38. The Bertz CT molecular complexity index is 485. The van der Waals surface area contributed by atoms with E-state index in [1.165, 1.54) is 0 Å². The molecule has 0 bridgehead atoms. The standard InChI is InChI=1S/C13H22N2O3S/c1-5-14-19(16,17)13-8-6-12(7-9-13)15-10(2)11(3)18-4/h6-11,14-15H,5H2,1-4H3. The molecule has 0 fully saturated rings. The molecule has 2 atom stereocenters. The molecular weight excluding hydrogens is 264 g/mol. The maximum absolute atomic E-state index is 11.8. The van der Waals surface area contributed by atoms with E-state index in [0.29, 0.717) is 6.54 Å². The van der Waals surface area contributed by atoms with Crippen molar-refractivity contribution in [2.45, 2.75) is 37.8 Å². The fourth-order valence-electron chi connectivity index (χ4n) is 1.59. The average molecular weight is 286 g/mol. The Hall–Kier alpha value is -1.11. The minimum atomic E-state index is -3.38. The van der Waals surface area contributed by atoms with Crippen molar-refractivity contribution >= 4 is 15.7 Å². The second-order valence-electron chi connectivity index (χ2n) is 4.40. The third-order valence-electron chi connectivity index (χ3n) is 2.97. The fraction of sp³-hybridized carbons (Fsp3) is 0.538. The van der Waals surface area contributed by atoms with Gasteiger partial charge in [-0.3, -0.25) is 0 Å². The molecule has 0 saturated heterocycles. The van der Waals surface area contributed by atoms with Gasteiger partial charge in [0, 0.05) is 25.4 Å². The lowest BCUT2D eigenvalue weighted by atomic mass is 10.2. The van der Waals surface area contributed by atoms with Gasteiger partial charge in [-0.15, -0.1) is 0 Å². The Morgan fingerprint density at radius 1 is 1.21 bits per heavy atom. The van der Waals surface area contributed by atoms with E-state index < -0.39 is 10.0 Å². The number of benzene rings is 1. The number of nitrogens with one attached hydrogen (secondary N) is 2. The number of ether oxygens (including phenoxy) is 1. The Morgan fingerprint density at radius 2 is 1.79 bits per heavy atom. The van der Waals surface area contributed by atoms with Crippen LogP contribution < -0.4 is 10.0 Å². The van der Waals surface area contributed by atoms with E-state index in [0.717, 1.165) is 5.69 Å². The molecule has 0 spiro atoms. The second kappa shape index (κ2) is 6.88. The fourth-order valence-corrected chi connectivity index (χ4v) is 2.63. The summed E-state index contributed by atoms with van der Waals surface area (Å²) in [5.74, 6) is 0. The summed E-state index contributed by atoms with van der Waals surface area (Å²) in [5.41, 5.74) is 0.867. The minimum absolute atomic E-state index is 0.0742. The number of sulfonamides is 1. The SMILES string of the molecule is CCNS(=O)(=O)c1ccc(NC(C)C(C)OC)cc1. The van der Waals surface area contributed by atoms with Gasteiger partial charge in [-0.05, 0) is 38.1 Å². The van der Waals surface area contributed by atoms with E-state index in [1.807, 2.05) is 13.8 Å². The molecular formula is C13H22N2O3S. The highest BCUT2D eigenvalue weighted by atomic mass is 32.2. The summed E-state index contributed by atoms with van der Waals surface area (Å²) >= 11 is 0. The van der Waals surface area contributed by atoms with Crippen LogP contribution in [0.15, 0.2) is 29.2 Å². The molecule has 0 saturated carbocycles. The third-order valence-corrected chi connectivity index (χ3v) is 4.53. The van der Waals surface area contributed by atoms with Crippen LogP contribution in [0.3, 0.4) is 0 Å². The molecule has 0 heterocycles. The van der Waals surface area contributed by atoms with Crippen LogP contribution in [-0.4, -0.2) is 34.2 Å². The van der Waals surface area contributed by atoms with Crippen LogP contribution in [-0.2, 0) is 14.8 Å². The first-order chi connectivity index (χ1) is 8.90. The number of methoxy groups -OCH3 is 1. The van der Waals surface area contributed by atoms with Crippen molar-refractivity contribution < 1.29 is 13.2 Å². The molecule has 19 heavy (non-hydrogen) atoms. The molecule has 1 rings (SSSR count). The summed E-state index contributed by atoms with van der Waals surface area (Å²) in [5, 5.41) is 3.26. The zero-order valence-electron chi connectivity index (χ0n) is 11.8. The zero-order valence-corrected chi connectivity index (χ0v) is 12.6. The van der Waals surface area contributed by atoms with Gasteiger partial charge in [-0.25, -0.2) is 13.1 Å². The molecule has 0 aliphatic rings. The smallest absolute Gasteiger partial charge is 0.240 e. The summed E-state index contributed by atoms with van der Waals surface area (Å²) in [4.78, 5) is 0.271. The van der Waals surface area contributed by atoms with Crippen LogP contribution in [0.25, 0.3) is 0 Å². The van der Waals surface area contributed by atoms with Gasteiger partial charge in [0.15, 0.2) is 0 Å². The minimum Gasteiger partial charge on any atom is -0.380 e. The molecule has 1 aromatic carbocycles. The summed E-state index contributed by atoms with van der Waals surface area (Å²) in [7, 11) is -1.72. The maximum atomic E-state index is 11.8. The Morgan fingerprint density at radius 3 is 2.26 bits per heavy atom. The molecule has 2 N–H and O–H groups in total. The molecule has 0 radical (unpaired) electrons. The molecule has 1 aromatic rings. The van der Waals surface area contributed by atoms with Crippen molar-refractivity contribution in [3.63, 3.8) is 0 Å². The summed E-state index contributed by atoms with van der Waals surface area (Å²) in [6, 6.07) is 6.82. The molecule has 0 amide bonds. The van der Waals surface area contributed by atoms with Gasteiger partial charge in [-0.2, -0.15) is 0 Å². The third kappa shape index (κ3) is 4.49. The van der Waals surface area contributed by atoms with Crippen molar-refractivity contribution in [2.24, 2.45) is 0 Å². The maximum Gasteiger partial charge on any atom is 0.240 e. The number of hydrogen-bond donors (Lipinski definition) is 2. The summed E-state index contributed by atoms with van der Waals surface area (Å²) < 4.78 is 31.2. The van der Waals surface area contributed by atoms with Gasteiger partial charge in [0.2, 0.25) is 10.0 Å². The number of rotatable bonds is 7. The highest BCUT2D eigenvalue weighted by Crippen LogP contribution is 2.15. The van der Waals surface area contributed by atoms with E-state index in [9.17, 15) is 8.42 Å². The van der Waals surface area contributed by atoms with Gasteiger partial charge < -0.3 is 10.1 Å². The van der Waals surface area contributed by atoms with Crippen LogP contribution in [0.2, 0.25) is 0 Å². The summed E-state index contributed by atoms with van der Waals surface area (Å²) in [6.45, 7) is 6.12. The van der Waals surface area contributed by atoms with Gasteiger partial charge in [0.1, 0.15) is 0 Å². The van der Waals surface area contributed by atoms with E-state index in [-0.39, 0.29) is 17.0 Å². The van der Waals surface area contributed by atoms with E-state index >= 15 is 0 Å². The first-order valence-electron chi connectivity index (χ1n) is 6.29. The number of hydrogen-bond acceptors (Lipinski definition) is 4. The van der Waals surface area contributed by atoms with Crippen molar-refractivity contribution in [3.05, 3.63) is 24.3 Å². The van der Waals surface area contributed by atoms with E-state index in [2.05, 4.69) is 10.0 Å². The molecule has 2 unspecified atom stereocenters. The monoisotopic (exact) mass is 286 g/mol. The predicted molar refractivity (Wildman–Crippen MR) is 76.9 cm³/mol. The second-order valence-corrected chi connectivity index (χ2v) is 6.17. The lowest BCUT2D eigenvalue weighted by molar-refractivity contribution is 0.106. The van der Waals surface area contributed by atoms with E-state index in [4.69, 9.17) is 4.74 Å². The molecule has 108 valence electrons. The van der Waals surface area contributed by atoms with Crippen LogP contribution in [0, 0.1) is 0 Å². The molecule has 0 aliphatic heterocycles. The van der Waals surface area contributed by atoms with Gasteiger partial charge >= 0.3 is 0 Å². The number of anilines is 1. The van der Waals surface area contributed by atoms with Gasteiger partial charge in [0.25, 0.3) is 0 Å². The largest absolute Gasteiger partial charge is 0.380 e. The molecule has 0 aromatic heterocycles. The van der Waals surface area contributed by atoms with Crippen molar-refractivity contribution in [1.29, 1.82) is 0 Å².